The van der Waals surface area contributed by atoms with Gasteiger partial charge in [-0.3, -0.25) is 0 Å². The lowest BCUT2D eigenvalue weighted by atomic mass is 10.1. The lowest BCUT2D eigenvalue weighted by Gasteiger charge is -2.31. The molecule has 1 heterocycles. The van der Waals surface area contributed by atoms with Crippen molar-refractivity contribution in [3.8, 4) is 0 Å². The summed E-state index contributed by atoms with van der Waals surface area (Å²) in [7, 11) is 0. The van der Waals surface area contributed by atoms with Gasteiger partial charge in [-0.15, -0.1) is 0 Å². The molecule has 4 N–H and O–H groups in total. The van der Waals surface area contributed by atoms with E-state index in [0.717, 1.165) is 18.8 Å². The molecule has 0 amide bonds. The highest BCUT2D eigenvalue weighted by atomic mass is 15.2. The minimum Gasteiger partial charge on any atom is -0.383 e. The second-order valence-corrected chi connectivity index (χ2v) is 5.82. The summed E-state index contributed by atoms with van der Waals surface area (Å²) < 4.78 is 0. The average Bonchev–Trinajstić information content (AvgIpc) is 2.81. The maximum Gasteiger partial charge on any atom is 0.223 e. The molecule has 1 aliphatic rings. The molecule has 5 nitrogen and oxygen atoms in total. The Morgan fingerprint density at radius 1 is 1.26 bits per heavy atom. The van der Waals surface area contributed by atoms with Crippen LogP contribution in [0.2, 0.25) is 0 Å². The molecule has 1 aromatic rings. The summed E-state index contributed by atoms with van der Waals surface area (Å²) in [6.07, 6.45) is 6.24. The van der Waals surface area contributed by atoms with Crippen molar-refractivity contribution in [3.63, 3.8) is 0 Å². The molecule has 106 valence electrons. The Balaban J connectivity index is 2.19. The van der Waals surface area contributed by atoms with E-state index in [1.54, 1.807) is 0 Å². The van der Waals surface area contributed by atoms with Gasteiger partial charge in [-0.1, -0.05) is 26.7 Å². The van der Waals surface area contributed by atoms with Crippen molar-refractivity contribution < 1.29 is 0 Å². The lowest BCUT2D eigenvalue weighted by molar-refractivity contribution is 0.525. The van der Waals surface area contributed by atoms with Crippen LogP contribution < -0.4 is 16.4 Å². The van der Waals surface area contributed by atoms with Crippen molar-refractivity contribution in [2.75, 3.05) is 22.9 Å². The molecule has 1 fully saturated rings. The first kappa shape index (κ1) is 13.9. The second-order valence-electron chi connectivity index (χ2n) is 5.82. The first-order valence-electron chi connectivity index (χ1n) is 7.23. The van der Waals surface area contributed by atoms with Crippen molar-refractivity contribution in [1.82, 2.24) is 9.97 Å². The minimum atomic E-state index is 0.266. The fraction of sp³-hybridized carbons (Fsp3) is 0.714. The van der Waals surface area contributed by atoms with Gasteiger partial charge in [0.15, 0.2) is 0 Å². The minimum absolute atomic E-state index is 0.266. The van der Waals surface area contributed by atoms with E-state index in [9.17, 15) is 0 Å². The van der Waals surface area contributed by atoms with Crippen LogP contribution >= 0.6 is 0 Å². The van der Waals surface area contributed by atoms with Gasteiger partial charge < -0.3 is 16.4 Å². The van der Waals surface area contributed by atoms with Crippen molar-refractivity contribution in [3.05, 3.63) is 6.07 Å². The van der Waals surface area contributed by atoms with Crippen LogP contribution in [0.3, 0.4) is 0 Å². The molecular formula is C14H25N5. The van der Waals surface area contributed by atoms with Gasteiger partial charge in [0.25, 0.3) is 0 Å². The molecule has 0 bridgehead atoms. The largest absolute Gasteiger partial charge is 0.383 e. The van der Waals surface area contributed by atoms with Gasteiger partial charge in [0, 0.05) is 18.7 Å². The van der Waals surface area contributed by atoms with Crippen LogP contribution in [0.1, 0.15) is 46.0 Å². The van der Waals surface area contributed by atoms with E-state index in [4.69, 9.17) is 11.5 Å². The molecule has 0 radical (unpaired) electrons. The quantitative estimate of drug-likeness (QED) is 0.852. The van der Waals surface area contributed by atoms with Crippen LogP contribution in [0.25, 0.3) is 0 Å². The molecule has 0 spiro atoms. The fourth-order valence-electron chi connectivity index (χ4n) is 2.72. The second kappa shape index (κ2) is 6.08. The van der Waals surface area contributed by atoms with E-state index in [0.29, 0.717) is 17.8 Å². The molecule has 19 heavy (non-hydrogen) atoms. The average molecular weight is 263 g/mol. The smallest absolute Gasteiger partial charge is 0.223 e. The number of nitrogens with two attached hydrogens (primary N) is 2. The summed E-state index contributed by atoms with van der Waals surface area (Å²) in [5, 5.41) is 0. The third kappa shape index (κ3) is 3.72. The fourth-order valence-corrected chi connectivity index (χ4v) is 2.72. The summed E-state index contributed by atoms with van der Waals surface area (Å²) in [5.74, 6) is 2.29. The number of nitrogens with zero attached hydrogens (tertiary/aromatic N) is 3. The predicted octanol–water partition coefficient (Wildman–Crippen LogP) is 2.44. The highest BCUT2D eigenvalue weighted by molar-refractivity contribution is 5.51. The highest BCUT2D eigenvalue weighted by Crippen LogP contribution is 2.28. The van der Waals surface area contributed by atoms with Gasteiger partial charge in [0.05, 0.1) is 0 Å². The maximum absolute atomic E-state index is 5.79. The predicted molar refractivity (Wildman–Crippen MR) is 79.9 cm³/mol. The van der Waals surface area contributed by atoms with E-state index >= 15 is 0 Å². The monoisotopic (exact) mass is 263 g/mol. The highest BCUT2D eigenvalue weighted by Gasteiger charge is 2.24. The summed E-state index contributed by atoms with van der Waals surface area (Å²) in [5.41, 5.74) is 11.5. The Kier molecular flexibility index (Phi) is 4.45. The Bertz CT molecular complexity index is 392. The molecule has 0 atom stereocenters. The number of aromatic nitrogens is 2. The molecule has 5 heteroatoms. The number of rotatable bonds is 5. The van der Waals surface area contributed by atoms with Gasteiger partial charge in [-0.2, -0.15) is 9.97 Å². The van der Waals surface area contributed by atoms with Gasteiger partial charge in [-0.05, 0) is 25.2 Å². The van der Waals surface area contributed by atoms with Crippen molar-refractivity contribution in [2.24, 2.45) is 5.92 Å². The number of hydrogen-bond donors (Lipinski definition) is 2. The third-order valence-electron chi connectivity index (χ3n) is 3.76. The molecule has 1 aromatic heterocycles. The van der Waals surface area contributed by atoms with Crippen LogP contribution in [-0.2, 0) is 0 Å². The van der Waals surface area contributed by atoms with E-state index in [-0.39, 0.29) is 5.95 Å². The first-order valence-corrected chi connectivity index (χ1v) is 7.23. The first-order chi connectivity index (χ1) is 9.06. The van der Waals surface area contributed by atoms with E-state index in [1.807, 2.05) is 6.07 Å². The zero-order valence-electron chi connectivity index (χ0n) is 12.0. The third-order valence-corrected chi connectivity index (χ3v) is 3.76. The normalized spacial score (nSPS) is 16.2. The molecule has 0 unspecified atom stereocenters. The standard InChI is InChI=1S/C14H25N5/c1-10(2)7-8-19(11-5-3-4-6-11)13-9-12(15)17-14(16)18-13/h9-11H,3-8H2,1-2H3,(H4,15,16,17,18). The van der Waals surface area contributed by atoms with Crippen LogP contribution in [-0.4, -0.2) is 22.6 Å². The molecule has 0 saturated heterocycles. The Labute approximate surface area is 115 Å². The Morgan fingerprint density at radius 3 is 2.53 bits per heavy atom. The van der Waals surface area contributed by atoms with Gasteiger partial charge in [0.2, 0.25) is 5.95 Å². The van der Waals surface area contributed by atoms with Crippen molar-refractivity contribution in [2.45, 2.75) is 52.0 Å². The SMILES string of the molecule is CC(C)CCN(c1cc(N)nc(N)n1)C1CCCC1. The molecular weight excluding hydrogens is 238 g/mol. The van der Waals surface area contributed by atoms with Gasteiger partial charge in [0.1, 0.15) is 11.6 Å². The van der Waals surface area contributed by atoms with Crippen LogP contribution in [0.5, 0.6) is 0 Å². The molecule has 0 aromatic carbocycles. The topological polar surface area (TPSA) is 81.1 Å². The lowest BCUT2D eigenvalue weighted by Crippen LogP contribution is -2.35. The molecule has 1 saturated carbocycles. The molecule has 1 aliphatic carbocycles. The number of nitrogen functional groups attached to an aromatic ring is 2. The number of hydrogen-bond acceptors (Lipinski definition) is 5. The maximum atomic E-state index is 5.79. The van der Waals surface area contributed by atoms with Crippen molar-refractivity contribution >= 4 is 17.6 Å². The van der Waals surface area contributed by atoms with Crippen LogP contribution in [0.15, 0.2) is 6.07 Å². The Morgan fingerprint density at radius 2 is 1.95 bits per heavy atom. The number of anilines is 3. The Hall–Kier alpha value is -1.52. The molecule has 0 aliphatic heterocycles. The van der Waals surface area contributed by atoms with Crippen molar-refractivity contribution in [1.29, 1.82) is 0 Å². The van der Waals surface area contributed by atoms with Crippen LogP contribution in [0, 0.1) is 5.92 Å². The zero-order chi connectivity index (χ0) is 13.8. The van der Waals surface area contributed by atoms with E-state index in [2.05, 4.69) is 28.7 Å². The van der Waals surface area contributed by atoms with Gasteiger partial charge >= 0.3 is 0 Å². The van der Waals surface area contributed by atoms with E-state index < -0.39 is 0 Å². The van der Waals surface area contributed by atoms with Crippen LogP contribution in [0.4, 0.5) is 17.6 Å². The summed E-state index contributed by atoms with van der Waals surface area (Å²) in [4.78, 5) is 10.7. The van der Waals surface area contributed by atoms with E-state index in [1.165, 1.54) is 25.7 Å². The summed E-state index contributed by atoms with van der Waals surface area (Å²) in [6, 6.07) is 2.42. The van der Waals surface area contributed by atoms with Gasteiger partial charge in [-0.25, -0.2) is 0 Å². The summed E-state index contributed by atoms with van der Waals surface area (Å²) in [6.45, 7) is 5.50. The summed E-state index contributed by atoms with van der Waals surface area (Å²) >= 11 is 0. The molecule has 2 rings (SSSR count). The zero-order valence-corrected chi connectivity index (χ0v) is 12.0.